The molecule has 1 rings (SSSR count). The highest BCUT2D eigenvalue weighted by Gasteiger charge is 2.36. The molecule has 1 aliphatic heterocycles. The van der Waals surface area contributed by atoms with E-state index in [0.29, 0.717) is 12.5 Å². The number of likely N-dealkylation sites (tertiary alicyclic amines) is 1. The van der Waals surface area contributed by atoms with Gasteiger partial charge in [0.1, 0.15) is 0 Å². The molecule has 1 unspecified atom stereocenters. The standard InChI is InChI=1S/C14H21NO2.C2H6/c1-5-7-8-12(6-2)9-15-13(16)10(3)11(4)14(15)17;1-2/h12H,3-9H2,1-2H3;1-2H3. The molecule has 3 heteroatoms. The van der Waals surface area contributed by atoms with Crippen molar-refractivity contribution in [3.63, 3.8) is 0 Å². The van der Waals surface area contributed by atoms with Crippen LogP contribution in [0.4, 0.5) is 0 Å². The van der Waals surface area contributed by atoms with Crippen molar-refractivity contribution in [2.45, 2.75) is 53.4 Å². The van der Waals surface area contributed by atoms with Crippen molar-refractivity contribution in [3.8, 4) is 0 Å². The summed E-state index contributed by atoms with van der Waals surface area (Å²) in [6, 6.07) is 0. The first-order valence-corrected chi connectivity index (χ1v) is 7.27. The molecule has 1 atom stereocenters. The Labute approximate surface area is 117 Å². The van der Waals surface area contributed by atoms with Gasteiger partial charge in [-0.1, -0.05) is 60.1 Å². The summed E-state index contributed by atoms with van der Waals surface area (Å²) >= 11 is 0. The van der Waals surface area contributed by atoms with Crippen molar-refractivity contribution >= 4 is 11.8 Å². The summed E-state index contributed by atoms with van der Waals surface area (Å²) in [7, 11) is 0. The van der Waals surface area contributed by atoms with E-state index < -0.39 is 0 Å². The first-order valence-electron chi connectivity index (χ1n) is 7.27. The van der Waals surface area contributed by atoms with Gasteiger partial charge in [0.05, 0.1) is 0 Å². The second kappa shape index (κ2) is 8.68. The minimum Gasteiger partial charge on any atom is -0.274 e. The summed E-state index contributed by atoms with van der Waals surface area (Å²) in [4.78, 5) is 24.9. The second-order valence-corrected chi connectivity index (χ2v) is 4.59. The lowest BCUT2D eigenvalue weighted by Crippen LogP contribution is -2.34. The molecule has 0 spiro atoms. The van der Waals surface area contributed by atoms with E-state index in [9.17, 15) is 9.59 Å². The number of amides is 2. The third-order valence-corrected chi connectivity index (χ3v) is 3.35. The van der Waals surface area contributed by atoms with Gasteiger partial charge in [-0.25, -0.2) is 0 Å². The van der Waals surface area contributed by atoms with Gasteiger partial charge in [-0.05, 0) is 12.3 Å². The molecule has 0 saturated carbocycles. The summed E-state index contributed by atoms with van der Waals surface area (Å²) in [6.07, 6.45) is 4.31. The summed E-state index contributed by atoms with van der Waals surface area (Å²) in [6.45, 7) is 15.9. The maximum absolute atomic E-state index is 11.8. The van der Waals surface area contributed by atoms with Crippen LogP contribution in [-0.2, 0) is 9.59 Å². The molecule has 0 N–H and O–H groups in total. The van der Waals surface area contributed by atoms with Crippen LogP contribution in [0.15, 0.2) is 24.3 Å². The van der Waals surface area contributed by atoms with E-state index in [2.05, 4.69) is 27.0 Å². The van der Waals surface area contributed by atoms with Crippen LogP contribution < -0.4 is 0 Å². The monoisotopic (exact) mass is 265 g/mol. The van der Waals surface area contributed by atoms with E-state index in [1.807, 2.05) is 13.8 Å². The molecule has 0 radical (unpaired) electrons. The number of hydrogen-bond acceptors (Lipinski definition) is 2. The third-order valence-electron chi connectivity index (χ3n) is 3.35. The molecule has 0 aromatic carbocycles. The molecule has 0 aromatic heterocycles. The number of nitrogens with zero attached hydrogens (tertiary/aromatic N) is 1. The third kappa shape index (κ3) is 4.34. The molecule has 0 aliphatic carbocycles. The van der Waals surface area contributed by atoms with Gasteiger partial charge in [-0.3, -0.25) is 14.5 Å². The van der Waals surface area contributed by atoms with E-state index in [1.165, 1.54) is 4.90 Å². The predicted molar refractivity (Wildman–Crippen MR) is 79.7 cm³/mol. The molecule has 1 fully saturated rings. The minimum absolute atomic E-state index is 0.250. The summed E-state index contributed by atoms with van der Waals surface area (Å²) in [5.74, 6) is -0.147. The first kappa shape index (κ1) is 17.6. The maximum atomic E-state index is 11.8. The van der Waals surface area contributed by atoms with Crippen molar-refractivity contribution < 1.29 is 9.59 Å². The Morgan fingerprint density at radius 2 is 1.53 bits per heavy atom. The zero-order valence-electron chi connectivity index (χ0n) is 12.8. The molecule has 1 saturated heterocycles. The fourth-order valence-corrected chi connectivity index (χ4v) is 2.02. The van der Waals surface area contributed by atoms with Gasteiger partial charge >= 0.3 is 0 Å². The van der Waals surface area contributed by atoms with Crippen LogP contribution in [0.25, 0.3) is 0 Å². The van der Waals surface area contributed by atoms with E-state index in [0.717, 1.165) is 25.7 Å². The molecule has 108 valence electrons. The van der Waals surface area contributed by atoms with Crippen molar-refractivity contribution in [1.82, 2.24) is 4.90 Å². The Hall–Kier alpha value is -1.38. The van der Waals surface area contributed by atoms with Gasteiger partial charge < -0.3 is 0 Å². The van der Waals surface area contributed by atoms with Crippen LogP contribution in [0, 0.1) is 5.92 Å². The van der Waals surface area contributed by atoms with Gasteiger partial charge in [0.25, 0.3) is 11.8 Å². The van der Waals surface area contributed by atoms with Crippen molar-refractivity contribution in [2.24, 2.45) is 5.92 Å². The zero-order valence-corrected chi connectivity index (χ0v) is 12.8. The van der Waals surface area contributed by atoms with E-state index in [-0.39, 0.29) is 23.0 Å². The highest BCUT2D eigenvalue weighted by molar-refractivity contribution is 6.23. The van der Waals surface area contributed by atoms with E-state index in [1.54, 1.807) is 0 Å². The first-order chi connectivity index (χ1) is 9.02. The van der Waals surface area contributed by atoms with Gasteiger partial charge in [0.15, 0.2) is 0 Å². The van der Waals surface area contributed by atoms with Crippen molar-refractivity contribution in [2.75, 3.05) is 6.54 Å². The van der Waals surface area contributed by atoms with Crippen LogP contribution in [0.5, 0.6) is 0 Å². The van der Waals surface area contributed by atoms with Crippen LogP contribution in [0.2, 0.25) is 0 Å². The molecule has 2 amide bonds. The largest absolute Gasteiger partial charge is 0.274 e. The normalized spacial score (nSPS) is 16.5. The maximum Gasteiger partial charge on any atom is 0.260 e. The molecular weight excluding hydrogens is 238 g/mol. The predicted octanol–water partition coefficient (Wildman–Crippen LogP) is 3.71. The van der Waals surface area contributed by atoms with Gasteiger partial charge in [0, 0.05) is 17.7 Å². The Morgan fingerprint density at radius 3 is 1.89 bits per heavy atom. The summed E-state index contributed by atoms with van der Waals surface area (Å²) in [5.41, 5.74) is 0.501. The lowest BCUT2D eigenvalue weighted by molar-refractivity contribution is -0.137. The molecule has 1 aliphatic rings. The molecule has 1 heterocycles. The number of rotatable bonds is 6. The number of imide groups is 1. The SMILES string of the molecule is C=C1C(=C)C(=O)N(CC(CC)CCCC)C1=O.CC. The Balaban J connectivity index is 0.00000154. The minimum atomic E-state index is -0.269. The molecule has 19 heavy (non-hydrogen) atoms. The summed E-state index contributed by atoms with van der Waals surface area (Å²) in [5, 5.41) is 0. The topological polar surface area (TPSA) is 37.4 Å². The molecule has 0 bridgehead atoms. The number of unbranched alkanes of at least 4 members (excludes halogenated alkanes) is 1. The number of hydrogen-bond donors (Lipinski definition) is 0. The smallest absolute Gasteiger partial charge is 0.260 e. The van der Waals surface area contributed by atoms with Gasteiger partial charge in [0.2, 0.25) is 0 Å². The molecule has 0 aromatic rings. The lowest BCUT2D eigenvalue weighted by atomic mass is 9.99. The van der Waals surface area contributed by atoms with Gasteiger partial charge in [-0.15, -0.1) is 0 Å². The fourth-order valence-electron chi connectivity index (χ4n) is 2.02. The zero-order chi connectivity index (χ0) is 15.0. The fraction of sp³-hybridized carbons (Fsp3) is 0.625. The lowest BCUT2D eigenvalue weighted by Gasteiger charge is -2.20. The number of carbonyl (C=O) groups is 2. The van der Waals surface area contributed by atoms with E-state index in [4.69, 9.17) is 0 Å². The highest BCUT2D eigenvalue weighted by Crippen LogP contribution is 2.24. The average Bonchev–Trinajstić information content (AvgIpc) is 2.62. The quantitative estimate of drug-likeness (QED) is 0.542. The van der Waals surface area contributed by atoms with E-state index >= 15 is 0 Å². The van der Waals surface area contributed by atoms with Gasteiger partial charge in [-0.2, -0.15) is 0 Å². The molecule has 3 nitrogen and oxygen atoms in total. The van der Waals surface area contributed by atoms with Crippen LogP contribution in [0.1, 0.15) is 53.4 Å². The second-order valence-electron chi connectivity index (χ2n) is 4.59. The van der Waals surface area contributed by atoms with Crippen molar-refractivity contribution in [3.05, 3.63) is 24.3 Å². The van der Waals surface area contributed by atoms with Crippen LogP contribution in [-0.4, -0.2) is 23.3 Å². The Kier molecular flexibility index (Phi) is 8.05. The van der Waals surface area contributed by atoms with Crippen LogP contribution >= 0.6 is 0 Å². The van der Waals surface area contributed by atoms with Crippen LogP contribution in [0.3, 0.4) is 0 Å². The Morgan fingerprint density at radius 1 is 1.05 bits per heavy atom. The molecular formula is C16H27NO2. The number of carbonyl (C=O) groups excluding carboxylic acids is 2. The highest BCUT2D eigenvalue weighted by atomic mass is 16.2. The average molecular weight is 265 g/mol. The Bertz CT molecular complexity index is 332. The van der Waals surface area contributed by atoms with Crippen molar-refractivity contribution in [1.29, 1.82) is 0 Å². The summed E-state index contributed by atoms with van der Waals surface area (Å²) < 4.78 is 0.